The second-order valence-electron chi connectivity index (χ2n) is 3.94. The molecule has 0 fully saturated rings. The largest absolute Gasteiger partial charge is 0.455 e. The van der Waals surface area contributed by atoms with Gasteiger partial charge in [0.2, 0.25) is 0 Å². The van der Waals surface area contributed by atoms with Gasteiger partial charge in [0.1, 0.15) is 6.10 Å². The lowest BCUT2D eigenvalue weighted by Crippen LogP contribution is -2.27. The molecule has 0 aromatic rings. The fourth-order valence-electron chi connectivity index (χ4n) is 1.13. The lowest BCUT2D eigenvalue weighted by atomic mass is 10.4. The fourth-order valence-corrected chi connectivity index (χ4v) is 2.53. The van der Waals surface area contributed by atoms with Crippen molar-refractivity contribution in [3.05, 3.63) is 11.3 Å². The van der Waals surface area contributed by atoms with Crippen molar-refractivity contribution in [3.63, 3.8) is 0 Å². The van der Waals surface area contributed by atoms with E-state index in [1.807, 2.05) is 13.0 Å². The number of esters is 1. The van der Waals surface area contributed by atoms with E-state index in [4.69, 9.17) is 4.74 Å². The van der Waals surface area contributed by atoms with Crippen LogP contribution < -0.4 is 0 Å². The molecule has 3 heteroatoms. The van der Waals surface area contributed by atoms with E-state index in [1.54, 1.807) is 0 Å². The van der Waals surface area contributed by atoms with Crippen molar-refractivity contribution < 1.29 is 9.53 Å². The molecule has 0 saturated heterocycles. The highest BCUT2D eigenvalue weighted by Crippen LogP contribution is 2.22. The Morgan fingerprint density at radius 2 is 2.00 bits per heavy atom. The highest BCUT2D eigenvalue weighted by Gasteiger charge is 2.32. The predicted octanol–water partition coefficient (Wildman–Crippen LogP) is 1.74. The van der Waals surface area contributed by atoms with Crippen LogP contribution in [0.4, 0.5) is 0 Å². The molecule has 1 aliphatic rings. The molecule has 62 valence electrons. The van der Waals surface area contributed by atoms with E-state index in [9.17, 15) is 4.79 Å². The summed E-state index contributed by atoms with van der Waals surface area (Å²) < 4.78 is 5.00. The quantitative estimate of drug-likeness (QED) is 0.442. The summed E-state index contributed by atoms with van der Waals surface area (Å²) in [4.78, 5) is 11.2. The van der Waals surface area contributed by atoms with Crippen molar-refractivity contribution in [1.82, 2.24) is 0 Å². The molecule has 2 nitrogen and oxygen atoms in total. The third-order valence-corrected chi connectivity index (χ3v) is 3.71. The van der Waals surface area contributed by atoms with Gasteiger partial charge in [-0.25, -0.2) is 4.79 Å². The maximum atomic E-state index is 11.2. The fraction of sp³-hybridized carbons (Fsp3) is 0.625. The van der Waals surface area contributed by atoms with E-state index >= 15 is 0 Å². The lowest BCUT2D eigenvalue weighted by Gasteiger charge is -2.13. The molecule has 1 heterocycles. The van der Waals surface area contributed by atoms with Crippen LogP contribution in [0.15, 0.2) is 11.3 Å². The van der Waals surface area contributed by atoms with Gasteiger partial charge in [-0.2, -0.15) is 0 Å². The number of carbonyl (C=O) groups is 1. The van der Waals surface area contributed by atoms with Crippen molar-refractivity contribution in [3.8, 4) is 0 Å². The van der Waals surface area contributed by atoms with Crippen LogP contribution in [0.5, 0.6) is 0 Å². The van der Waals surface area contributed by atoms with Crippen LogP contribution in [-0.4, -0.2) is 20.1 Å². The first-order valence-corrected chi connectivity index (χ1v) is 7.34. The molecule has 0 aliphatic carbocycles. The summed E-state index contributed by atoms with van der Waals surface area (Å²) in [5.74, 6) is -0.100. The first kappa shape index (κ1) is 8.52. The van der Waals surface area contributed by atoms with E-state index in [1.165, 1.54) is 0 Å². The summed E-state index contributed by atoms with van der Waals surface area (Å²) in [7, 11) is -1.44. The van der Waals surface area contributed by atoms with Gasteiger partial charge in [0.05, 0.1) is 8.07 Å². The van der Waals surface area contributed by atoms with E-state index in [-0.39, 0.29) is 12.1 Å². The Hall–Kier alpha value is -0.573. The van der Waals surface area contributed by atoms with Crippen LogP contribution in [0.1, 0.15) is 6.92 Å². The second-order valence-corrected chi connectivity index (χ2v) is 8.98. The number of rotatable bonds is 1. The van der Waals surface area contributed by atoms with Crippen molar-refractivity contribution in [2.75, 3.05) is 0 Å². The Morgan fingerprint density at radius 3 is 2.18 bits per heavy atom. The molecule has 1 rings (SSSR count). The molecule has 0 unspecified atom stereocenters. The molecule has 0 amide bonds. The predicted molar refractivity (Wildman–Crippen MR) is 47.0 cm³/mol. The minimum atomic E-state index is -1.44. The molecule has 0 spiro atoms. The average Bonchev–Trinajstić information content (AvgIpc) is 2.08. The smallest absolute Gasteiger partial charge is 0.330 e. The number of hydrogen-bond acceptors (Lipinski definition) is 2. The zero-order valence-electron chi connectivity index (χ0n) is 7.47. The summed E-state index contributed by atoms with van der Waals surface area (Å²) in [6, 6.07) is 0. The van der Waals surface area contributed by atoms with Gasteiger partial charge in [-0.05, 0) is 13.0 Å². The van der Waals surface area contributed by atoms with Gasteiger partial charge in [-0.1, -0.05) is 19.6 Å². The highest BCUT2D eigenvalue weighted by molar-refractivity contribution is 6.87. The minimum absolute atomic E-state index is 0.00998. The van der Waals surface area contributed by atoms with E-state index < -0.39 is 8.07 Å². The van der Waals surface area contributed by atoms with Gasteiger partial charge in [-0.15, -0.1) is 0 Å². The summed E-state index contributed by atoms with van der Waals surface area (Å²) in [6.45, 7) is 8.35. The molecule has 0 aromatic heterocycles. The Balaban J connectivity index is 2.88. The molecule has 0 bridgehead atoms. The van der Waals surface area contributed by atoms with Gasteiger partial charge in [0.25, 0.3) is 0 Å². The maximum Gasteiger partial charge on any atom is 0.330 e. The third kappa shape index (κ3) is 1.71. The van der Waals surface area contributed by atoms with Crippen molar-refractivity contribution in [2.24, 2.45) is 0 Å². The number of hydrogen-bond donors (Lipinski definition) is 0. The molecule has 11 heavy (non-hydrogen) atoms. The highest BCUT2D eigenvalue weighted by atomic mass is 28.3. The summed E-state index contributed by atoms with van der Waals surface area (Å²) in [6.07, 6.45) is 1.94. The molecule has 0 radical (unpaired) electrons. The lowest BCUT2D eigenvalue weighted by molar-refractivity contribution is -0.138. The van der Waals surface area contributed by atoms with Gasteiger partial charge < -0.3 is 4.74 Å². The Kier molecular flexibility index (Phi) is 1.92. The Labute approximate surface area is 68.3 Å². The SMILES string of the molecule is C[C@H]1C=C([Si](C)(C)C)C(=O)O1. The first-order chi connectivity index (χ1) is 4.91. The summed E-state index contributed by atoms with van der Waals surface area (Å²) in [5.41, 5.74) is 0. The molecule has 0 aromatic carbocycles. The van der Waals surface area contributed by atoms with E-state index in [0.29, 0.717) is 0 Å². The van der Waals surface area contributed by atoms with E-state index in [2.05, 4.69) is 19.6 Å². The van der Waals surface area contributed by atoms with Gasteiger partial charge >= 0.3 is 5.97 Å². The zero-order valence-corrected chi connectivity index (χ0v) is 8.47. The zero-order chi connectivity index (χ0) is 8.65. The standard InChI is InChI=1S/C8H14O2Si/c1-6-5-7(8(9)10-6)11(2,3)4/h5-6H,1-4H3/t6-/m0/s1. The maximum absolute atomic E-state index is 11.2. The monoisotopic (exact) mass is 170 g/mol. The molecule has 0 N–H and O–H groups in total. The summed E-state index contributed by atoms with van der Waals surface area (Å²) in [5, 5.41) is 0.935. The topological polar surface area (TPSA) is 26.3 Å². The van der Waals surface area contributed by atoms with Crippen LogP contribution in [0.25, 0.3) is 0 Å². The van der Waals surface area contributed by atoms with Crippen LogP contribution in [0.2, 0.25) is 19.6 Å². The molecular weight excluding hydrogens is 156 g/mol. The van der Waals surface area contributed by atoms with Gasteiger partial charge in [0.15, 0.2) is 0 Å². The van der Waals surface area contributed by atoms with Crippen LogP contribution in [0, 0.1) is 0 Å². The summed E-state index contributed by atoms with van der Waals surface area (Å²) >= 11 is 0. The molecular formula is C8H14O2Si. The normalized spacial score (nSPS) is 24.9. The molecule has 0 saturated carbocycles. The van der Waals surface area contributed by atoms with Crippen LogP contribution in [-0.2, 0) is 9.53 Å². The third-order valence-electron chi connectivity index (χ3n) is 1.72. The number of cyclic esters (lactones) is 1. The number of ether oxygens (including phenoxy) is 1. The van der Waals surface area contributed by atoms with Crippen molar-refractivity contribution in [1.29, 1.82) is 0 Å². The van der Waals surface area contributed by atoms with E-state index in [0.717, 1.165) is 5.20 Å². The minimum Gasteiger partial charge on any atom is -0.455 e. The average molecular weight is 170 g/mol. The van der Waals surface area contributed by atoms with Gasteiger partial charge in [-0.3, -0.25) is 0 Å². The number of carbonyl (C=O) groups excluding carboxylic acids is 1. The molecule has 1 aliphatic heterocycles. The van der Waals surface area contributed by atoms with Crippen LogP contribution in [0.3, 0.4) is 0 Å². The van der Waals surface area contributed by atoms with Crippen molar-refractivity contribution >= 4 is 14.0 Å². The van der Waals surface area contributed by atoms with Gasteiger partial charge in [0, 0.05) is 5.20 Å². The van der Waals surface area contributed by atoms with Crippen molar-refractivity contribution in [2.45, 2.75) is 32.7 Å². The first-order valence-electron chi connectivity index (χ1n) is 3.84. The second kappa shape index (κ2) is 2.48. The molecule has 1 atom stereocenters. The van der Waals surface area contributed by atoms with Crippen LogP contribution >= 0.6 is 0 Å². The Morgan fingerprint density at radius 1 is 1.45 bits per heavy atom. The Bertz CT molecular complexity index is 213.